The van der Waals surface area contributed by atoms with E-state index in [1.807, 2.05) is 0 Å². The van der Waals surface area contributed by atoms with E-state index in [4.69, 9.17) is 0 Å². The molecule has 0 saturated heterocycles. The smallest absolute Gasteiger partial charge is 0.217 e. The minimum atomic E-state index is 0.0866. The van der Waals surface area contributed by atoms with Gasteiger partial charge in [0.15, 0.2) is 0 Å². The average Bonchev–Trinajstić information content (AvgIpc) is 2.10. The van der Waals surface area contributed by atoms with Crippen molar-refractivity contribution >= 4 is 5.91 Å². The predicted octanol–water partition coefficient (Wildman–Crippen LogP) is 3.26. The van der Waals surface area contributed by atoms with Crippen molar-refractivity contribution in [1.82, 2.24) is 5.32 Å². The molecule has 84 valence electrons. The van der Waals surface area contributed by atoms with Crippen LogP contribution < -0.4 is 5.32 Å². The van der Waals surface area contributed by atoms with E-state index in [1.165, 1.54) is 38.5 Å². The number of carbonyl (C=O) groups is 1. The van der Waals surface area contributed by atoms with Crippen LogP contribution in [-0.2, 0) is 4.79 Å². The summed E-state index contributed by atoms with van der Waals surface area (Å²) in [6, 6.07) is 0.346. The van der Waals surface area contributed by atoms with Crippen LogP contribution in [0.1, 0.15) is 65.7 Å². The van der Waals surface area contributed by atoms with Crippen LogP contribution in [0.5, 0.6) is 0 Å². The molecule has 0 aliphatic rings. The highest BCUT2D eigenvalue weighted by Gasteiger charge is 2.01. The van der Waals surface area contributed by atoms with Crippen molar-refractivity contribution in [3.8, 4) is 0 Å². The van der Waals surface area contributed by atoms with E-state index >= 15 is 0 Å². The fourth-order valence-corrected chi connectivity index (χ4v) is 1.65. The summed E-state index contributed by atoms with van der Waals surface area (Å²) in [5, 5.41) is 2.91. The number of nitrogens with one attached hydrogen (secondary N) is 1. The third-order valence-electron chi connectivity index (χ3n) is 2.44. The van der Waals surface area contributed by atoms with Crippen LogP contribution in [0.15, 0.2) is 0 Å². The molecule has 2 heteroatoms. The Balaban J connectivity index is 3.14. The van der Waals surface area contributed by atoms with Gasteiger partial charge < -0.3 is 5.32 Å². The number of carbonyl (C=O) groups excluding carboxylic acids is 1. The lowest BCUT2D eigenvalue weighted by atomic mass is 10.1. The Bertz CT molecular complexity index is 145. The highest BCUT2D eigenvalue weighted by Crippen LogP contribution is 2.08. The lowest BCUT2D eigenvalue weighted by Gasteiger charge is -2.11. The third kappa shape index (κ3) is 9.56. The van der Waals surface area contributed by atoms with E-state index in [2.05, 4.69) is 19.2 Å². The molecule has 0 aromatic rings. The molecule has 0 rings (SSSR count). The fraction of sp³-hybridized carbons (Fsp3) is 0.917. The molecule has 0 radical (unpaired) electrons. The molecular formula is C12H25NO. The molecule has 0 bridgehead atoms. The monoisotopic (exact) mass is 199 g/mol. The maximum atomic E-state index is 10.7. The Morgan fingerprint density at radius 1 is 1.14 bits per heavy atom. The largest absolute Gasteiger partial charge is 0.354 e. The van der Waals surface area contributed by atoms with Crippen LogP contribution in [0.2, 0.25) is 0 Å². The van der Waals surface area contributed by atoms with E-state index in [1.54, 1.807) is 6.92 Å². The van der Waals surface area contributed by atoms with Crippen LogP contribution in [0, 0.1) is 0 Å². The van der Waals surface area contributed by atoms with Crippen molar-refractivity contribution in [2.45, 2.75) is 71.8 Å². The van der Waals surface area contributed by atoms with Crippen LogP contribution in [0.4, 0.5) is 0 Å². The zero-order chi connectivity index (χ0) is 10.8. The second-order valence-corrected chi connectivity index (χ2v) is 4.16. The molecule has 0 spiro atoms. The first-order valence-electron chi connectivity index (χ1n) is 5.94. The van der Waals surface area contributed by atoms with Gasteiger partial charge in [-0.1, -0.05) is 45.4 Å². The molecule has 1 unspecified atom stereocenters. The molecule has 0 heterocycles. The van der Waals surface area contributed by atoms with Gasteiger partial charge in [0.2, 0.25) is 5.91 Å². The summed E-state index contributed by atoms with van der Waals surface area (Å²) < 4.78 is 0. The van der Waals surface area contributed by atoms with Crippen LogP contribution >= 0.6 is 0 Å². The van der Waals surface area contributed by atoms with E-state index in [-0.39, 0.29) is 5.91 Å². The SMILES string of the molecule is CCCCCCCCC(C)NC(C)=O. The molecule has 1 amide bonds. The van der Waals surface area contributed by atoms with Gasteiger partial charge in [0.05, 0.1) is 0 Å². The summed E-state index contributed by atoms with van der Waals surface area (Å²) in [4.78, 5) is 10.7. The van der Waals surface area contributed by atoms with Crippen molar-refractivity contribution in [3.63, 3.8) is 0 Å². The van der Waals surface area contributed by atoms with E-state index in [0.29, 0.717) is 6.04 Å². The number of hydrogen-bond acceptors (Lipinski definition) is 1. The Hall–Kier alpha value is -0.530. The Morgan fingerprint density at radius 2 is 1.71 bits per heavy atom. The first kappa shape index (κ1) is 13.5. The summed E-state index contributed by atoms with van der Waals surface area (Å²) in [7, 11) is 0. The van der Waals surface area contributed by atoms with Crippen molar-refractivity contribution < 1.29 is 4.79 Å². The lowest BCUT2D eigenvalue weighted by molar-refractivity contribution is -0.119. The molecule has 2 nitrogen and oxygen atoms in total. The van der Waals surface area contributed by atoms with Gasteiger partial charge in [-0.15, -0.1) is 0 Å². The van der Waals surface area contributed by atoms with Crippen LogP contribution in [0.3, 0.4) is 0 Å². The quantitative estimate of drug-likeness (QED) is 0.597. The zero-order valence-electron chi connectivity index (χ0n) is 9.94. The summed E-state index contributed by atoms with van der Waals surface area (Å²) in [6.07, 6.45) is 9.05. The van der Waals surface area contributed by atoms with E-state index in [9.17, 15) is 4.79 Å². The van der Waals surface area contributed by atoms with Gasteiger partial charge in [-0.25, -0.2) is 0 Å². The van der Waals surface area contributed by atoms with Gasteiger partial charge in [-0.05, 0) is 13.3 Å². The summed E-state index contributed by atoms with van der Waals surface area (Å²) >= 11 is 0. The summed E-state index contributed by atoms with van der Waals surface area (Å²) in [5.41, 5.74) is 0. The second-order valence-electron chi connectivity index (χ2n) is 4.16. The number of amides is 1. The van der Waals surface area contributed by atoms with Crippen molar-refractivity contribution in [2.75, 3.05) is 0 Å². The van der Waals surface area contributed by atoms with E-state index in [0.717, 1.165) is 6.42 Å². The normalized spacial score (nSPS) is 12.5. The molecular weight excluding hydrogens is 174 g/mol. The zero-order valence-corrected chi connectivity index (χ0v) is 9.94. The van der Waals surface area contributed by atoms with Gasteiger partial charge >= 0.3 is 0 Å². The van der Waals surface area contributed by atoms with Crippen molar-refractivity contribution in [2.24, 2.45) is 0 Å². The molecule has 0 saturated carbocycles. The van der Waals surface area contributed by atoms with Crippen LogP contribution in [-0.4, -0.2) is 11.9 Å². The topological polar surface area (TPSA) is 29.1 Å². The molecule has 0 aliphatic heterocycles. The maximum Gasteiger partial charge on any atom is 0.217 e. The fourth-order valence-electron chi connectivity index (χ4n) is 1.65. The van der Waals surface area contributed by atoms with Crippen LogP contribution in [0.25, 0.3) is 0 Å². The van der Waals surface area contributed by atoms with Gasteiger partial charge in [0.25, 0.3) is 0 Å². The molecule has 0 aliphatic carbocycles. The maximum absolute atomic E-state index is 10.7. The third-order valence-corrected chi connectivity index (χ3v) is 2.44. The first-order valence-corrected chi connectivity index (χ1v) is 5.94. The van der Waals surface area contributed by atoms with Crippen molar-refractivity contribution in [3.05, 3.63) is 0 Å². The number of unbranched alkanes of at least 4 members (excludes halogenated alkanes) is 5. The molecule has 1 atom stereocenters. The van der Waals surface area contributed by atoms with Gasteiger partial charge in [0, 0.05) is 13.0 Å². The van der Waals surface area contributed by atoms with E-state index < -0.39 is 0 Å². The molecule has 1 N–H and O–H groups in total. The predicted molar refractivity (Wildman–Crippen MR) is 61.3 cm³/mol. The summed E-state index contributed by atoms with van der Waals surface area (Å²) in [5.74, 6) is 0.0866. The highest BCUT2D eigenvalue weighted by atomic mass is 16.1. The van der Waals surface area contributed by atoms with Gasteiger partial charge in [0.1, 0.15) is 0 Å². The molecule has 0 aromatic heterocycles. The lowest BCUT2D eigenvalue weighted by Crippen LogP contribution is -2.30. The Kier molecular flexibility index (Phi) is 8.70. The Morgan fingerprint density at radius 3 is 2.29 bits per heavy atom. The van der Waals surface area contributed by atoms with Crippen molar-refractivity contribution in [1.29, 1.82) is 0 Å². The number of rotatable bonds is 8. The summed E-state index contributed by atoms with van der Waals surface area (Å²) in [6.45, 7) is 5.89. The standard InChI is InChI=1S/C12H25NO/c1-4-5-6-7-8-9-10-11(2)13-12(3)14/h11H,4-10H2,1-3H3,(H,13,14). The highest BCUT2D eigenvalue weighted by molar-refractivity contribution is 5.73. The average molecular weight is 199 g/mol. The number of hydrogen-bond donors (Lipinski definition) is 1. The molecule has 0 fully saturated rings. The van der Waals surface area contributed by atoms with Gasteiger partial charge in [-0.3, -0.25) is 4.79 Å². The van der Waals surface area contributed by atoms with Gasteiger partial charge in [-0.2, -0.15) is 0 Å². The minimum Gasteiger partial charge on any atom is -0.354 e. The minimum absolute atomic E-state index is 0.0866. The molecule has 0 aromatic carbocycles. The Labute approximate surface area is 88.5 Å². The molecule has 14 heavy (non-hydrogen) atoms. The second kappa shape index (κ2) is 9.04. The first-order chi connectivity index (χ1) is 6.66.